The fraction of sp³-hybridized carbons (Fsp3) is 0.348. The maximum Gasteiger partial charge on any atom is 0.261 e. The fourth-order valence-electron chi connectivity index (χ4n) is 3.68. The molecule has 1 aliphatic heterocycles. The number of aryl methyl sites for hydroxylation is 1. The molecule has 1 unspecified atom stereocenters. The number of hydrogen-bond donors (Lipinski definition) is 1. The molecule has 1 aromatic heterocycles. The highest BCUT2D eigenvalue weighted by molar-refractivity contribution is 5.77. The Morgan fingerprint density at radius 1 is 1.13 bits per heavy atom. The first-order valence-corrected chi connectivity index (χ1v) is 10.3. The highest BCUT2D eigenvalue weighted by atomic mass is 16.5. The Bertz CT molecular complexity index is 1070. The minimum Gasteiger partial charge on any atom is -0.378 e. The summed E-state index contributed by atoms with van der Waals surface area (Å²) in [6.07, 6.45) is 1.72. The first-order chi connectivity index (χ1) is 14.6. The van der Waals surface area contributed by atoms with Crippen LogP contribution in [0.25, 0.3) is 10.9 Å². The Morgan fingerprint density at radius 3 is 2.63 bits per heavy atom. The number of nitrogens with one attached hydrogen (secondary N) is 1. The van der Waals surface area contributed by atoms with E-state index < -0.39 is 0 Å². The summed E-state index contributed by atoms with van der Waals surface area (Å²) in [6, 6.07) is 15.4. The van der Waals surface area contributed by atoms with Crippen LogP contribution < -0.4 is 15.8 Å². The number of ether oxygens (including phenoxy) is 1. The average molecular weight is 406 g/mol. The molecule has 156 valence electrons. The number of nitrogens with zero attached hydrogens (tertiary/aromatic N) is 3. The number of morpholine rings is 1. The van der Waals surface area contributed by atoms with Crippen LogP contribution >= 0.6 is 0 Å². The van der Waals surface area contributed by atoms with Crippen molar-refractivity contribution in [2.45, 2.75) is 25.9 Å². The number of fused-ring (bicyclic) bond motifs is 1. The molecule has 3 aromatic rings. The van der Waals surface area contributed by atoms with Gasteiger partial charge in [0.1, 0.15) is 0 Å². The molecule has 0 saturated carbocycles. The second-order valence-corrected chi connectivity index (χ2v) is 7.49. The Balaban J connectivity index is 1.33. The standard InChI is InChI=1S/C23H26N4O3/c1-17(18-6-8-19(9-7-18)26-12-14-30-15-13-26)25-22(28)10-11-27-16-24-21-5-3-2-4-20(21)23(27)29/h2-9,16-17H,10-15H2,1H3,(H,25,28). The zero-order chi connectivity index (χ0) is 20.9. The summed E-state index contributed by atoms with van der Waals surface area (Å²) in [5.74, 6) is -0.0974. The summed E-state index contributed by atoms with van der Waals surface area (Å²) in [6.45, 7) is 5.56. The van der Waals surface area contributed by atoms with Gasteiger partial charge in [0.2, 0.25) is 5.91 Å². The molecule has 1 N–H and O–H groups in total. The number of carbonyl (C=O) groups excluding carboxylic acids is 1. The van der Waals surface area contributed by atoms with Gasteiger partial charge in [-0.3, -0.25) is 14.2 Å². The van der Waals surface area contributed by atoms with Gasteiger partial charge in [0.05, 0.1) is 36.5 Å². The van der Waals surface area contributed by atoms with E-state index in [1.807, 2.05) is 31.2 Å². The number of amides is 1. The summed E-state index contributed by atoms with van der Waals surface area (Å²) < 4.78 is 6.89. The number of para-hydroxylation sites is 1. The van der Waals surface area contributed by atoms with E-state index in [1.165, 1.54) is 16.6 Å². The van der Waals surface area contributed by atoms with Gasteiger partial charge in [-0.15, -0.1) is 0 Å². The smallest absolute Gasteiger partial charge is 0.261 e. The number of benzene rings is 2. The van der Waals surface area contributed by atoms with Gasteiger partial charge in [-0.05, 0) is 36.8 Å². The van der Waals surface area contributed by atoms with Crippen LogP contribution in [0, 0.1) is 0 Å². The van der Waals surface area contributed by atoms with Gasteiger partial charge in [-0.25, -0.2) is 4.98 Å². The van der Waals surface area contributed by atoms with Gasteiger partial charge in [0.15, 0.2) is 0 Å². The first-order valence-electron chi connectivity index (χ1n) is 10.3. The SMILES string of the molecule is CC(NC(=O)CCn1cnc2ccccc2c1=O)c1ccc(N2CCOCC2)cc1. The number of hydrogen-bond acceptors (Lipinski definition) is 5. The van der Waals surface area contributed by atoms with Gasteiger partial charge < -0.3 is 15.0 Å². The van der Waals surface area contributed by atoms with E-state index in [2.05, 4.69) is 27.3 Å². The van der Waals surface area contributed by atoms with Crippen molar-refractivity contribution in [2.75, 3.05) is 31.2 Å². The largest absolute Gasteiger partial charge is 0.378 e. The van der Waals surface area contributed by atoms with Gasteiger partial charge >= 0.3 is 0 Å². The Hall–Kier alpha value is -3.19. The fourth-order valence-corrected chi connectivity index (χ4v) is 3.68. The molecule has 0 radical (unpaired) electrons. The van der Waals surface area contributed by atoms with E-state index in [0.29, 0.717) is 17.4 Å². The molecule has 4 rings (SSSR count). The number of anilines is 1. The molecular formula is C23H26N4O3. The summed E-state index contributed by atoms with van der Waals surface area (Å²) >= 11 is 0. The number of rotatable bonds is 6. The third-order valence-electron chi connectivity index (χ3n) is 5.46. The summed E-state index contributed by atoms with van der Waals surface area (Å²) in [4.78, 5) is 31.5. The minimum atomic E-state index is -0.125. The summed E-state index contributed by atoms with van der Waals surface area (Å²) in [5.41, 5.74) is 2.76. The molecule has 0 spiro atoms. The Labute approximate surface area is 175 Å². The van der Waals surface area contributed by atoms with Crippen molar-refractivity contribution in [3.63, 3.8) is 0 Å². The molecule has 1 amide bonds. The number of carbonyl (C=O) groups is 1. The Kier molecular flexibility index (Phi) is 6.09. The lowest BCUT2D eigenvalue weighted by Crippen LogP contribution is -2.36. The molecule has 7 nitrogen and oxygen atoms in total. The van der Waals surface area contributed by atoms with Crippen molar-refractivity contribution in [1.29, 1.82) is 0 Å². The highest BCUT2D eigenvalue weighted by Gasteiger charge is 2.14. The first kappa shape index (κ1) is 20.1. The normalized spacial score (nSPS) is 15.2. The van der Waals surface area contributed by atoms with Gasteiger partial charge in [0, 0.05) is 31.7 Å². The van der Waals surface area contributed by atoms with Crippen LogP contribution in [-0.2, 0) is 16.1 Å². The van der Waals surface area contributed by atoms with Crippen molar-refractivity contribution < 1.29 is 9.53 Å². The second-order valence-electron chi connectivity index (χ2n) is 7.49. The van der Waals surface area contributed by atoms with Crippen LogP contribution in [0.5, 0.6) is 0 Å². The van der Waals surface area contributed by atoms with Crippen molar-refractivity contribution in [1.82, 2.24) is 14.9 Å². The average Bonchev–Trinajstić information content (AvgIpc) is 2.79. The molecule has 1 atom stereocenters. The molecular weight excluding hydrogens is 380 g/mol. The highest BCUT2D eigenvalue weighted by Crippen LogP contribution is 2.20. The van der Waals surface area contributed by atoms with Gasteiger partial charge in [-0.2, -0.15) is 0 Å². The van der Waals surface area contributed by atoms with E-state index in [4.69, 9.17) is 4.74 Å². The zero-order valence-electron chi connectivity index (χ0n) is 17.1. The van der Waals surface area contributed by atoms with E-state index in [0.717, 1.165) is 31.9 Å². The second kappa shape index (κ2) is 9.09. The Morgan fingerprint density at radius 2 is 1.87 bits per heavy atom. The third-order valence-corrected chi connectivity index (χ3v) is 5.46. The van der Waals surface area contributed by atoms with Gasteiger partial charge in [-0.1, -0.05) is 24.3 Å². The molecule has 1 aliphatic rings. The third kappa shape index (κ3) is 4.52. The predicted octanol–water partition coefficient (Wildman–Crippen LogP) is 2.50. The molecule has 7 heteroatoms. The molecule has 0 bridgehead atoms. The molecule has 0 aliphatic carbocycles. The van der Waals surface area contributed by atoms with Crippen molar-refractivity contribution >= 4 is 22.5 Å². The monoisotopic (exact) mass is 406 g/mol. The van der Waals surface area contributed by atoms with Crippen LogP contribution in [-0.4, -0.2) is 41.8 Å². The summed E-state index contributed by atoms with van der Waals surface area (Å²) in [7, 11) is 0. The molecule has 1 fully saturated rings. The van der Waals surface area contributed by atoms with Crippen LogP contribution in [0.3, 0.4) is 0 Å². The minimum absolute atomic E-state index is 0.0974. The van der Waals surface area contributed by atoms with Crippen molar-refractivity contribution in [3.05, 3.63) is 70.8 Å². The molecule has 2 heterocycles. The predicted molar refractivity (Wildman–Crippen MR) is 117 cm³/mol. The lowest BCUT2D eigenvalue weighted by atomic mass is 10.1. The molecule has 30 heavy (non-hydrogen) atoms. The quantitative estimate of drug-likeness (QED) is 0.681. The lowest BCUT2D eigenvalue weighted by Gasteiger charge is -2.29. The molecule has 1 saturated heterocycles. The zero-order valence-corrected chi connectivity index (χ0v) is 17.1. The maximum atomic E-state index is 12.5. The number of aromatic nitrogens is 2. The topological polar surface area (TPSA) is 76.5 Å². The van der Waals surface area contributed by atoms with E-state index in [1.54, 1.807) is 12.1 Å². The van der Waals surface area contributed by atoms with Crippen molar-refractivity contribution in [3.8, 4) is 0 Å². The lowest BCUT2D eigenvalue weighted by molar-refractivity contribution is -0.121. The maximum absolute atomic E-state index is 12.5. The molecule has 2 aromatic carbocycles. The summed E-state index contributed by atoms with van der Waals surface area (Å²) in [5, 5.41) is 3.58. The van der Waals surface area contributed by atoms with Crippen molar-refractivity contribution in [2.24, 2.45) is 0 Å². The van der Waals surface area contributed by atoms with E-state index in [-0.39, 0.29) is 23.9 Å². The van der Waals surface area contributed by atoms with Gasteiger partial charge in [0.25, 0.3) is 5.56 Å². The van der Waals surface area contributed by atoms with Crippen LogP contribution in [0.4, 0.5) is 5.69 Å². The van der Waals surface area contributed by atoms with Crippen LogP contribution in [0.1, 0.15) is 24.9 Å². The van der Waals surface area contributed by atoms with E-state index >= 15 is 0 Å². The van der Waals surface area contributed by atoms with Crippen LogP contribution in [0.2, 0.25) is 0 Å². The van der Waals surface area contributed by atoms with E-state index in [9.17, 15) is 9.59 Å². The van der Waals surface area contributed by atoms with Crippen LogP contribution in [0.15, 0.2) is 59.7 Å².